The summed E-state index contributed by atoms with van der Waals surface area (Å²) in [6, 6.07) is 8.81. The molecule has 0 fully saturated rings. The van der Waals surface area contributed by atoms with Gasteiger partial charge < -0.3 is 5.32 Å². The Hall–Kier alpha value is -0.740. The maximum Gasteiger partial charge on any atom is 0.126 e. The smallest absolute Gasteiger partial charge is 0.126 e. The Kier molecular flexibility index (Phi) is 5.55. The van der Waals surface area contributed by atoms with Crippen molar-refractivity contribution >= 4 is 35.0 Å². The van der Waals surface area contributed by atoms with Crippen molar-refractivity contribution in [2.75, 3.05) is 7.05 Å². The maximum atomic E-state index is 13.9. The molecule has 2 rings (SSSR count). The Labute approximate surface area is 138 Å². The first-order valence-corrected chi connectivity index (χ1v) is 8.10. The van der Waals surface area contributed by atoms with Gasteiger partial charge in [0.1, 0.15) is 5.82 Å². The number of aryl methyl sites for hydroxylation is 1. The van der Waals surface area contributed by atoms with Gasteiger partial charge in [0.25, 0.3) is 0 Å². The van der Waals surface area contributed by atoms with Crippen molar-refractivity contribution < 1.29 is 4.39 Å². The third kappa shape index (κ3) is 3.92. The summed E-state index contributed by atoms with van der Waals surface area (Å²) in [7, 11) is 1.85. The Morgan fingerprint density at radius 3 is 2.52 bits per heavy atom. The van der Waals surface area contributed by atoms with E-state index in [9.17, 15) is 4.39 Å². The standard InChI is InChI=1S/C16H16Cl2FNS/c1-9-6-15(12(8-14(9)19)10(2)20-3)21-16-7-11(17)4-5-13(16)18/h4-8,10,20H,1-3H3. The van der Waals surface area contributed by atoms with Crippen molar-refractivity contribution in [1.29, 1.82) is 0 Å². The summed E-state index contributed by atoms with van der Waals surface area (Å²) in [6.07, 6.45) is 0. The molecule has 0 heterocycles. The zero-order valence-electron chi connectivity index (χ0n) is 12.0. The Balaban J connectivity index is 2.47. The fourth-order valence-electron chi connectivity index (χ4n) is 1.93. The van der Waals surface area contributed by atoms with Crippen molar-refractivity contribution in [3.63, 3.8) is 0 Å². The van der Waals surface area contributed by atoms with Crippen molar-refractivity contribution in [3.05, 3.63) is 57.3 Å². The van der Waals surface area contributed by atoms with Gasteiger partial charge in [0.05, 0.1) is 5.02 Å². The summed E-state index contributed by atoms with van der Waals surface area (Å²) in [5.41, 5.74) is 1.52. The molecule has 112 valence electrons. The molecule has 5 heteroatoms. The number of hydrogen-bond acceptors (Lipinski definition) is 2. The fourth-order valence-corrected chi connectivity index (χ4v) is 3.57. The van der Waals surface area contributed by atoms with Gasteiger partial charge in [0, 0.05) is 20.9 Å². The molecule has 2 aromatic rings. The minimum absolute atomic E-state index is 0.0422. The number of halogens is 3. The fraction of sp³-hybridized carbons (Fsp3) is 0.250. The van der Waals surface area contributed by atoms with Crippen LogP contribution in [0.2, 0.25) is 10.0 Å². The molecule has 1 atom stereocenters. The van der Waals surface area contributed by atoms with Crippen LogP contribution in [0.1, 0.15) is 24.1 Å². The van der Waals surface area contributed by atoms with Gasteiger partial charge in [-0.3, -0.25) is 0 Å². The topological polar surface area (TPSA) is 12.0 Å². The summed E-state index contributed by atoms with van der Waals surface area (Å²) < 4.78 is 13.9. The Morgan fingerprint density at radius 2 is 1.86 bits per heavy atom. The van der Waals surface area contributed by atoms with Crippen LogP contribution < -0.4 is 5.32 Å². The minimum atomic E-state index is -0.200. The lowest BCUT2D eigenvalue weighted by Gasteiger charge is -2.17. The molecule has 1 nitrogen and oxygen atoms in total. The van der Waals surface area contributed by atoms with Crippen LogP contribution >= 0.6 is 35.0 Å². The molecule has 0 aromatic heterocycles. The summed E-state index contributed by atoms with van der Waals surface area (Å²) in [4.78, 5) is 1.83. The quantitative estimate of drug-likeness (QED) is 0.744. The third-order valence-corrected chi connectivity index (χ3v) is 5.11. The van der Waals surface area contributed by atoms with E-state index in [1.54, 1.807) is 25.1 Å². The molecule has 2 aromatic carbocycles. The van der Waals surface area contributed by atoms with E-state index in [4.69, 9.17) is 23.2 Å². The zero-order valence-corrected chi connectivity index (χ0v) is 14.3. The van der Waals surface area contributed by atoms with Gasteiger partial charge in [-0.2, -0.15) is 0 Å². The second-order valence-corrected chi connectivity index (χ2v) is 6.75. The molecule has 0 saturated heterocycles. The Bertz CT molecular complexity index is 661. The first-order valence-electron chi connectivity index (χ1n) is 6.52. The van der Waals surface area contributed by atoms with E-state index >= 15 is 0 Å². The summed E-state index contributed by atoms with van der Waals surface area (Å²) >= 11 is 13.7. The predicted molar refractivity (Wildman–Crippen MR) is 89.2 cm³/mol. The number of rotatable bonds is 4. The molecule has 0 aliphatic carbocycles. The highest BCUT2D eigenvalue weighted by atomic mass is 35.5. The van der Waals surface area contributed by atoms with Gasteiger partial charge in [0.2, 0.25) is 0 Å². The predicted octanol–water partition coefficient (Wildman–Crippen LogP) is 5.87. The van der Waals surface area contributed by atoms with Crippen molar-refractivity contribution in [1.82, 2.24) is 5.32 Å². The van der Waals surface area contributed by atoms with Crippen LogP contribution in [0.3, 0.4) is 0 Å². The Morgan fingerprint density at radius 1 is 1.14 bits per heavy atom. The van der Waals surface area contributed by atoms with Crippen LogP contribution in [0, 0.1) is 12.7 Å². The largest absolute Gasteiger partial charge is 0.313 e. The molecule has 0 aliphatic heterocycles. The van der Waals surface area contributed by atoms with E-state index in [0.29, 0.717) is 15.6 Å². The second kappa shape index (κ2) is 7.01. The van der Waals surface area contributed by atoms with Gasteiger partial charge in [-0.1, -0.05) is 35.0 Å². The highest BCUT2D eigenvalue weighted by molar-refractivity contribution is 7.99. The van der Waals surface area contributed by atoms with Crippen molar-refractivity contribution in [3.8, 4) is 0 Å². The van der Waals surface area contributed by atoms with E-state index in [2.05, 4.69) is 5.32 Å². The van der Waals surface area contributed by atoms with E-state index < -0.39 is 0 Å². The molecule has 1 N–H and O–H groups in total. The van der Waals surface area contributed by atoms with Gasteiger partial charge in [-0.15, -0.1) is 0 Å². The van der Waals surface area contributed by atoms with Crippen molar-refractivity contribution in [2.45, 2.75) is 29.7 Å². The number of nitrogens with one attached hydrogen (secondary N) is 1. The SMILES string of the molecule is CNC(C)c1cc(F)c(C)cc1Sc1cc(Cl)ccc1Cl. The van der Waals surface area contributed by atoms with Crippen LogP contribution in [-0.2, 0) is 0 Å². The number of hydrogen-bond donors (Lipinski definition) is 1. The van der Waals surface area contributed by atoms with E-state index in [1.165, 1.54) is 11.8 Å². The summed E-state index contributed by atoms with van der Waals surface area (Å²) in [6.45, 7) is 3.75. The molecule has 1 unspecified atom stereocenters. The molecule has 0 saturated carbocycles. The third-order valence-electron chi connectivity index (χ3n) is 3.30. The molecule has 21 heavy (non-hydrogen) atoms. The normalized spacial score (nSPS) is 12.5. The first kappa shape index (κ1) is 16.6. The second-order valence-electron chi connectivity index (χ2n) is 4.83. The summed E-state index contributed by atoms with van der Waals surface area (Å²) in [5.74, 6) is -0.200. The van der Waals surface area contributed by atoms with Gasteiger partial charge in [-0.05, 0) is 62.4 Å². The lowest BCUT2D eigenvalue weighted by Crippen LogP contribution is -2.13. The van der Waals surface area contributed by atoms with Crippen LogP contribution in [0.5, 0.6) is 0 Å². The van der Waals surface area contributed by atoms with Gasteiger partial charge in [0.15, 0.2) is 0 Å². The number of benzene rings is 2. The molecule has 0 bridgehead atoms. The minimum Gasteiger partial charge on any atom is -0.313 e. The average Bonchev–Trinajstić information content (AvgIpc) is 2.45. The molecule has 0 amide bonds. The average molecular weight is 344 g/mol. The molecular weight excluding hydrogens is 328 g/mol. The monoisotopic (exact) mass is 343 g/mol. The van der Waals surface area contributed by atoms with Crippen LogP contribution in [0.4, 0.5) is 4.39 Å². The molecule has 0 radical (unpaired) electrons. The maximum absolute atomic E-state index is 13.9. The first-order chi connectivity index (χ1) is 9.92. The van der Waals surface area contributed by atoms with Crippen LogP contribution in [-0.4, -0.2) is 7.05 Å². The van der Waals surface area contributed by atoms with Crippen molar-refractivity contribution in [2.24, 2.45) is 0 Å². The molecular formula is C16H16Cl2FNS. The highest BCUT2D eigenvalue weighted by Crippen LogP contribution is 2.39. The van der Waals surface area contributed by atoms with Crippen LogP contribution in [0.15, 0.2) is 40.1 Å². The van der Waals surface area contributed by atoms with Gasteiger partial charge >= 0.3 is 0 Å². The van der Waals surface area contributed by atoms with Gasteiger partial charge in [-0.25, -0.2) is 4.39 Å². The highest BCUT2D eigenvalue weighted by Gasteiger charge is 2.15. The lowest BCUT2D eigenvalue weighted by molar-refractivity contribution is 0.594. The lowest BCUT2D eigenvalue weighted by atomic mass is 10.1. The zero-order chi connectivity index (χ0) is 15.6. The van der Waals surface area contributed by atoms with E-state index in [-0.39, 0.29) is 11.9 Å². The summed E-state index contributed by atoms with van der Waals surface area (Å²) in [5, 5.41) is 4.40. The van der Waals surface area contributed by atoms with E-state index in [0.717, 1.165) is 15.4 Å². The molecule has 0 spiro atoms. The molecule has 0 aliphatic rings. The van der Waals surface area contributed by atoms with Crippen LogP contribution in [0.25, 0.3) is 0 Å². The van der Waals surface area contributed by atoms with E-state index in [1.807, 2.05) is 26.1 Å².